The van der Waals surface area contributed by atoms with Crippen molar-refractivity contribution in [2.45, 2.75) is 95.7 Å². The molecule has 1 aromatic heterocycles. The lowest BCUT2D eigenvalue weighted by molar-refractivity contribution is 0.322. The highest BCUT2D eigenvalue weighted by Gasteiger charge is 2.23. The Morgan fingerprint density at radius 1 is 0.941 bits per heavy atom. The molecular formula is C31H43N3. The summed E-state index contributed by atoms with van der Waals surface area (Å²) in [7, 11) is 0. The molecule has 2 fully saturated rings. The van der Waals surface area contributed by atoms with Gasteiger partial charge in [0.1, 0.15) is 0 Å². The van der Waals surface area contributed by atoms with Crippen molar-refractivity contribution < 1.29 is 0 Å². The lowest BCUT2D eigenvalue weighted by Crippen LogP contribution is -2.38. The molecule has 2 saturated carbocycles. The third kappa shape index (κ3) is 5.58. The first kappa shape index (κ1) is 23.6. The molecule has 2 aromatic carbocycles. The molecule has 0 bridgehead atoms. The number of rotatable bonds is 8. The molecule has 0 spiro atoms. The van der Waals surface area contributed by atoms with Gasteiger partial charge in [0.05, 0.1) is 0 Å². The van der Waals surface area contributed by atoms with Crippen LogP contribution in [0.15, 0.2) is 54.7 Å². The standard InChI is InChI=1S/C31H43N3/c1-23-8-7-11-25(20-23)28(18-19-33-27-16-14-26(32)15-17-27)30-22-34(21-24-9-3-2-4-10-24)31-13-6-5-12-29(30)31/h5-8,11-13,20,22,24,26-28,33H,2-4,9-10,14-19,21,32H2,1H3/t26-,27-,28?. The Balaban J connectivity index is 1.41. The van der Waals surface area contributed by atoms with Crippen LogP contribution < -0.4 is 11.1 Å². The van der Waals surface area contributed by atoms with Crippen LogP contribution in [0.2, 0.25) is 0 Å². The highest BCUT2D eigenvalue weighted by atomic mass is 15.0. The van der Waals surface area contributed by atoms with Crippen molar-refractivity contribution in [1.29, 1.82) is 0 Å². The van der Waals surface area contributed by atoms with E-state index >= 15 is 0 Å². The largest absolute Gasteiger partial charge is 0.347 e. The van der Waals surface area contributed by atoms with Crippen molar-refractivity contribution in [3.8, 4) is 0 Å². The number of aryl methyl sites for hydroxylation is 1. The monoisotopic (exact) mass is 457 g/mol. The van der Waals surface area contributed by atoms with Crippen molar-refractivity contribution in [3.05, 3.63) is 71.4 Å². The molecule has 0 aliphatic heterocycles. The number of nitrogens with zero attached hydrogens (tertiary/aromatic N) is 1. The first-order chi connectivity index (χ1) is 16.7. The highest BCUT2D eigenvalue weighted by molar-refractivity contribution is 5.85. The fourth-order valence-electron chi connectivity index (χ4n) is 6.50. The maximum atomic E-state index is 6.13. The molecule has 0 saturated heterocycles. The van der Waals surface area contributed by atoms with E-state index in [1.807, 2.05) is 0 Å². The molecular weight excluding hydrogens is 414 g/mol. The number of benzene rings is 2. The maximum Gasteiger partial charge on any atom is 0.0483 e. The Bertz CT molecular complexity index is 1050. The van der Waals surface area contributed by atoms with E-state index in [1.165, 1.54) is 79.1 Å². The summed E-state index contributed by atoms with van der Waals surface area (Å²) in [5.41, 5.74) is 11.8. The van der Waals surface area contributed by atoms with Gasteiger partial charge in [-0.05, 0) is 81.5 Å². The van der Waals surface area contributed by atoms with E-state index in [-0.39, 0.29) is 0 Å². The summed E-state index contributed by atoms with van der Waals surface area (Å²) in [5.74, 6) is 1.24. The van der Waals surface area contributed by atoms with Gasteiger partial charge in [0, 0.05) is 41.6 Å². The minimum Gasteiger partial charge on any atom is -0.347 e. The molecule has 34 heavy (non-hydrogen) atoms. The van der Waals surface area contributed by atoms with Crippen molar-refractivity contribution in [2.75, 3.05) is 6.54 Å². The van der Waals surface area contributed by atoms with E-state index in [2.05, 4.69) is 71.5 Å². The summed E-state index contributed by atoms with van der Waals surface area (Å²) in [6.45, 7) is 4.44. The topological polar surface area (TPSA) is 43.0 Å². The number of nitrogens with two attached hydrogens (primary N) is 1. The Morgan fingerprint density at radius 2 is 1.74 bits per heavy atom. The number of para-hydroxylation sites is 1. The number of aromatic nitrogens is 1. The second-order valence-electron chi connectivity index (χ2n) is 11.1. The van der Waals surface area contributed by atoms with E-state index in [1.54, 1.807) is 0 Å². The van der Waals surface area contributed by atoms with Gasteiger partial charge < -0.3 is 15.6 Å². The van der Waals surface area contributed by atoms with Crippen LogP contribution in [0, 0.1) is 12.8 Å². The third-order valence-corrected chi connectivity index (χ3v) is 8.46. The van der Waals surface area contributed by atoms with Crippen molar-refractivity contribution in [1.82, 2.24) is 9.88 Å². The molecule has 0 radical (unpaired) electrons. The summed E-state index contributed by atoms with van der Waals surface area (Å²) in [6.07, 6.45) is 15.4. The predicted molar refractivity (Wildman–Crippen MR) is 144 cm³/mol. The van der Waals surface area contributed by atoms with Crippen LogP contribution in [-0.4, -0.2) is 23.2 Å². The molecule has 2 aliphatic rings. The van der Waals surface area contributed by atoms with Gasteiger partial charge in [-0.1, -0.05) is 67.3 Å². The van der Waals surface area contributed by atoms with E-state index < -0.39 is 0 Å². The average molecular weight is 458 g/mol. The zero-order chi connectivity index (χ0) is 23.3. The molecule has 5 rings (SSSR count). The van der Waals surface area contributed by atoms with Gasteiger partial charge in [-0.3, -0.25) is 0 Å². The normalized spacial score (nSPS) is 22.8. The molecule has 2 aliphatic carbocycles. The summed E-state index contributed by atoms with van der Waals surface area (Å²) in [4.78, 5) is 0. The number of nitrogens with one attached hydrogen (secondary N) is 1. The molecule has 3 nitrogen and oxygen atoms in total. The minimum absolute atomic E-state index is 0.411. The summed E-state index contributed by atoms with van der Waals surface area (Å²) in [5, 5.41) is 5.32. The van der Waals surface area contributed by atoms with E-state index in [0.717, 1.165) is 31.7 Å². The average Bonchev–Trinajstić information content (AvgIpc) is 3.22. The fraction of sp³-hybridized carbons (Fsp3) is 0.548. The Kier molecular flexibility index (Phi) is 7.71. The number of fused-ring (bicyclic) bond motifs is 1. The van der Waals surface area contributed by atoms with Crippen LogP contribution in [0.25, 0.3) is 10.9 Å². The highest BCUT2D eigenvalue weighted by Crippen LogP contribution is 2.36. The molecule has 3 N–H and O–H groups in total. The van der Waals surface area contributed by atoms with Crippen LogP contribution in [0.5, 0.6) is 0 Å². The minimum atomic E-state index is 0.411. The zero-order valence-corrected chi connectivity index (χ0v) is 21.0. The van der Waals surface area contributed by atoms with E-state index in [4.69, 9.17) is 5.73 Å². The van der Waals surface area contributed by atoms with Gasteiger partial charge in [0.25, 0.3) is 0 Å². The third-order valence-electron chi connectivity index (χ3n) is 8.46. The first-order valence-corrected chi connectivity index (χ1v) is 13.8. The smallest absolute Gasteiger partial charge is 0.0483 e. The van der Waals surface area contributed by atoms with Gasteiger partial charge in [0.15, 0.2) is 0 Å². The van der Waals surface area contributed by atoms with Crippen LogP contribution in [0.4, 0.5) is 0 Å². The molecule has 3 aromatic rings. The van der Waals surface area contributed by atoms with Gasteiger partial charge in [-0.2, -0.15) is 0 Å². The van der Waals surface area contributed by atoms with Gasteiger partial charge in [-0.15, -0.1) is 0 Å². The fourth-order valence-corrected chi connectivity index (χ4v) is 6.50. The number of hydrogen-bond acceptors (Lipinski definition) is 2. The van der Waals surface area contributed by atoms with Gasteiger partial charge in [0.2, 0.25) is 0 Å². The lowest BCUT2D eigenvalue weighted by atomic mass is 9.87. The SMILES string of the molecule is Cc1cccc(C(CCN[C@H]2CC[C@H](N)CC2)c2cn(CC3CCCCC3)c3ccccc23)c1. The predicted octanol–water partition coefficient (Wildman–Crippen LogP) is 6.91. The Labute approximate surface area is 206 Å². The van der Waals surface area contributed by atoms with Crippen molar-refractivity contribution >= 4 is 10.9 Å². The van der Waals surface area contributed by atoms with Crippen LogP contribution in [0.3, 0.4) is 0 Å². The summed E-state index contributed by atoms with van der Waals surface area (Å²) >= 11 is 0. The molecule has 3 heteroatoms. The summed E-state index contributed by atoms with van der Waals surface area (Å²) < 4.78 is 2.58. The van der Waals surface area contributed by atoms with Crippen LogP contribution >= 0.6 is 0 Å². The first-order valence-electron chi connectivity index (χ1n) is 13.8. The van der Waals surface area contributed by atoms with E-state index in [0.29, 0.717) is 18.0 Å². The van der Waals surface area contributed by atoms with Gasteiger partial charge >= 0.3 is 0 Å². The lowest BCUT2D eigenvalue weighted by Gasteiger charge is -2.28. The molecule has 1 heterocycles. The molecule has 0 amide bonds. The zero-order valence-electron chi connectivity index (χ0n) is 21.0. The van der Waals surface area contributed by atoms with Crippen molar-refractivity contribution in [2.24, 2.45) is 11.7 Å². The van der Waals surface area contributed by atoms with Crippen LogP contribution in [-0.2, 0) is 6.54 Å². The van der Waals surface area contributed by atoms with Crippen molar-refractivity contribution in [3.63, 3.8) is 0 Å². The van der Waals surface area contributed by atoms with Gasteiger partial charge in [-0.25, -0.2) is 0 Å². The molecule has 182 valence electrons. The Hall–Kier alpha value is -2.10. The molecule has 1 unspecified atom stereocenters. The molecule has 1 atom stereocenters. The van der Waals surface area contributed by atoms with Crippen LogP contribution in [0.1, 0.15) is 86.8 Å². The van der Waals surface area contributed by atoms with E-state index in [9.17, 15) is 0 Å². The Morgan fingerprint density at radius 3 is 2.53 bits per heavy atom. The maximum absolute atomic E-state index is 6.13. The number of hydrogen-bond donors (Lipinski definition) is 2. The summed E-state index contributed by atoms with van der Waals surface area (Å²) in [6, 6.07) is 19.3. The quantitative estimate of drug-likeness (QED) is 0.386. The second kappa shape index (κ2) is 11.1. The second-order valence-corrected chi connectivity index (χ2v) is 11.1.